The average Bonchev–Trinajstić information content (AvgIpc) is 2.96. The molecule has 0 fully saturated rings. The van der Waals surface area contributed by atoms with Crippen molar-refractivity contribution in [3.8, 4) is 5.75 Å². The molecule has 2 aromatic rings. The Morgan fingerprint density at radius 2 is 2.15 bits per heavy atom. The van der Waals surface area contributed by atoms with Gasteiger partial charge in [-0.05, 0) is 55.3 Å². The Morgan fingerprint density at radius 3 is 2.85 bits per heavy atom. The third-order valence-electron chi connectivity index (χ3n) is 3.31. The lowest BCUT2D eigenvalue weighted by Gasteiger charge is -2.18. The number of nitrogens with one attached hydrogen (secondary N) is 1. The lowest BCUT2D eigenvalue weighted by Crippen LogP contribution is -2.20. The van der Waals surface area contributed by atoms with Crippen molar-refractivity contribution in [3.63, 3.8) is 0 Å². The molecule has 0 bridgehead atoms. The molecule has 1 aromatic heterocycles. The molecule has 1 N–H and O–H groups in total. The molecule has 1 atom stereocenters. The molecule has 108 valence electrons. The zero-order chi connectivity index (χ0) is 14.4. The summed E-state index contributed by atoms with van der Waals surface area (Å²) < 4.78 is 6.00. The first-order valence-corrected chi connectivity index (χ1v) is 8.12. The van der Waals surface area contributed by atoms with Crippen LogP contribution in [0.4, 0.5) is 0 Å². The van der Waals surface area contributed by atoms with E-state index in [9.17, 15) is 0 Å². The molecule has 0 aliphatic heterocycles. The van der Waals surface area contributed by atoms with E-state index in [1.165, 1.54) is 16.7 Å². The lowest BCUT2D eigenvalue weighted by molar-refractivity contribution is 0.300. The third kappa shape index (κ3) is 4.09. The Morgan fingerprint density at radius 1 is 1.30 bits per heavy atom. The highest BCUT2D eigenvalue weighted by atomic mass is 32.1. The van der Waals surface area contributed by atoms with Crippen molar-refractivity contribution >= 4 is 11.3 Å². The molecule has 20 heavy (non-hydrogen) atoms. The number of aryl methyl sites for hydroxylation is 1. The first-order valence-electron chi connectivity index (χ1n) is 7.18. The highest BCUT2D eigenvalue weighted by Gasteiger charge is 2.11. The van der Waals surface area contributed by atoms with Crippen molar-refractivity contribution in [1.82, 2.24) is 5.32 Å². The van der Waals surface area contributed by atoms with Gasteiger partial charge in [-0.15, -0.1) is 0 Å². The van der Waals surface area contributed by atoms with Gasteiger partial charge >= 0.3 is 0 Å². The summed E-state index contributed by atoms with van der Waals surface area (Å²) in [6, 6.07) is 8.83. The van der Waals surface area contributed by atoms with Gasteiger partial charge in [0.15, 0.2) is 0 Å². The average molecular weight is 289 g/mol. The predicted molar refractivity (Wildman–Crippen MR) is 86.5 cm³/mol. The minimum Gasteiger partial charge on any atom is -0.489 e. The fourth-order valence-corrected chi connectivity index (χ4v) is 2.80. The smallest absolute Gasteiger partial charge is 0.124 e. The van der Waals surface area contributed by atoms with Crippen LogP contribution in [0.15, 0.2) is 35.0 Å². The fraction of sp³-hybridized carbons (Fsp3) is 0.412. The van der Waals surface area contributed by atoms with E-state index in [1.807, 2.05) is 0 Å². The second-order valence-corrected chi connectivity index (χ2v) is 5.92. The molecule has 1 heterocycles. The van der Waals surface area contributed by atoms with Gasteiger partial charge in [-0.2, -0.15) is 11.3 Å². The highest BCUT2D eigenvalue weighted by molar-refractivity contribution is 7.07. The molecule has 0 aliphatic carbocycles. The minimum absolute atomic E-state index is 0.312. The van der Waals surface area contributed by atoms with Crippen LogP contribution in [0.25, 0.3) is 0 Å². The summed E-state index contributed by atoms with van der Waals surface area (Å²) in [5.74, 6) is 0.984. The molecule has 3 heteroatoms. The monoisotopic (exact) mass is 289 g/mol. The minimum atomic E-state index is 0.312. The van der Waals surface area contributed by atoms with Crippen LogP contribution < -0.4 is 10.1 Å². The SMILES string of the molecule is CCCNC(C)c1cc(C)ccc1OCc1ccsc1. The largest absolute Gasteiger partial charge is 0.489 e. The van der Waals surface area contributed by atoms with Crippen LogP contribution >= 0.6 is 11.3 Å². The fourth-order valence-electron chi connectivity index (χ4n) is 2.14. The summed E-state index contributed by atoms with van der Waals surface area (Å²) in [6.07, 6.45) is 1.14. The number of hydrogen-bond donors (Lipinski definition) is 1. The zero-order valence-corrected chi connectivity index (χ0v) is 13.3. The van der Waals surface area contributed by atoms with Crippen molar-refractivity contribution in [1.29, 1.82) is 0 Å². The van der Waals surface area contributed by atoms with Crippen molar-refractivity contribution < 1.29 is 4.74 Å². The third-order valence-corrected chi connectivity index (χ3v) is 4.04. The predicted octanol–water partition coefficient (Wildman–Crippen LogP) is 4.70. The summed E-state index contributed by atoms with van der Waals surface area (Å²) in [5.41, 5.74) is 3.75. The maximum Gasteiger partial charge on any atom is 0.124 e. The van der Waals surface area contributed by atoms with Crippen LogP contribution in [0.1, 0.15) is 43.0 Å². The first-order chi connectivity index (χ1) is 9.70. The molecule has 1 aromatic carbocycles. The number of benzene rings is 1. The van der Waals surface area contributed by atoms with Gasteiger partial charge in [-0.1, -0.05) is 24.6 Å². The Labute approximate surface area is 125 Å². The van der Waals surface area contributed by atoms with Crippen molar-refractivity contribution in [2.24, 2.45) is 0 Å². The molecule has 2 nitrogen and oxygen atoms in total. The van der Waals surface area contributed by atoms with Gasteiger partial charge < -0.3 is 10.1 Å². The van der Waals surface area contributed by atoms with Gasteiger partial charge in [-0.25, -0.2) is 0 Å². The lowest BCUT2D eigenvalue weighted by atomic mass is 10.0. The zero-order valence-electron chi connectivity index (χ0n) is 12.5. The summed E-state index contributed by atoms with van der Waals surface area (Å²) >= 11 is 1.71. The standard InChI is InChI=1S/C17H23NOS/c1-4-8-18-14(3)16-10-13(2)5-6-17(16)19-11-15-7-9-20-12-15/h5-7,9-10,12,14,18H,4,8,11H2,1-3H3. The second kappa shape index (κ2) is 7.46. The van der Waals surface area contributed by atoms with Gasteiger partial charge in [0, 0.05) is 11.6 Å². The summed E-state index contributed by atoms with van der Waals surface area (Å²) in [4.78, 5) is 0. The summed E-state index contributed by atoms with van der Waals surface area (Å²) in [7, 11) is 0. The topological polar surface area (TPSA) is 21.3 Å². The van der Waals surface area contributed by atoms with E-state index in [0.29, 0.717) is 12.6 Å². The maximum absolute atomic E-state index is 6.00. The quantitative estimate of drug-likeness (QED) is 0.798. The maximum atomic E-state index is 6.00. The van der Waals surface area contributed by atoms with Gasteiger partial charge in [0.1, 0.15) is 12.4 Å². The molecule has 0 radical (unpaired) electrons. The van der Waals surface area contributed by atoms with E-state index < -0.39 is 0 Å². The molecule has 0 saturated carbocycles. The second-order valence-electron chi connectivity index (χ2n) is 5.14. The molecular weight excluding hydrogens is 266 g/mol. The van der Waals surface area contributed by atoms with Crippen LogP contribution in [0.3, 0.4) is 0 Å². The molecule has 0 amide bonds. The number of ether oxygens (including phenoxy) is 1. The van der Waals surface area contributed by atoms with Crippen LogP contribution in [0.5, 0.6) is 5.75 Å². The van der Waals surface area contributed by atoms with Gasteiger partial charge in [0.25, 0.3) is 0 Å². The van der Waals surface area contributed by atoms with E-state index in [-0.39, 0.29) is 0 Å². The van der Waals surface area contributed by atoms with Crippen LogP contribution in [0.2, 0.25) is 0 Å². The molecule has 0 saturated heterocycles. The van der Waals surface area contributed by atoms with Crippen LogP contribution in [-0.4, -0.2) is 6.54 Å². The first kappa shape index (κ1) is 15.1. The molecular formula is C17H23NOS. The Balaban J connectivity index is 2.10. The van der Waals surface area contributed by atoms with Gasteiger partial charge in [-0.3, -0.25) is 0 Å². The molecule has 2 rings (SSSR count). The Hall–Kier alpha value is -1.32. The highest BCUT2D eigenvalue weighted by Crippen LogP contribution is 2.27. The van der Waals surface area contributed by atoms with Gasteiger partial charge in [0.2, 0.25) is 0 Å². The van der Waals surface area contributed by atoms with Crippen molar-refractivity contribution in [2.45, 2.75) is 39.8 Å². The Bertz CT molecular complexity index is 522. The van der Waals surface area contributed by atoms with Gasteiger partial charge in [0.05, 0.1) is 0 Å². The number of thiophene rings is 1. The van der Waals surface area contributed by atoms with Crippen LogP contribution in [0, 0.1) is 6.92 Å². The van der Waals surface area contributed by atoms with Crippen LogP contribution in [-0.2, 0) is 6.61 Å². The number of rotatable bonds is 7. The molecule has 0 aliphatic rings. The van der Waals surface area contributed by atoms with Crippen molar-refractivity contribution in [2.75, 3.05) is 6.54 Å². The molecule has 1 unspecified atom stereocenters. The molecule has 0 spiro atoms. The normalized spacial score (nSPS) is 12.3. The number of hydrogen-bond acceptors (Lipinski definition) is 3. The van der Waals surface area contributed by atoms with E-state index in [0.717, 1.165) is 18.7 Å². The van der Waals surface area contributed by atoms with E-state index in [1.54, 1.807) is 11.3 Å². The van der Waals surface area contributed by atoms with E-state index >= 15 is 0 Å². The van der Waals surface area contributed by atoms with Crippen molar-refractivity contribution in [3.05, 3.63) is 51.7 Å². The Kier molecular flexibility index (Phi) is 5.62. The van der Waals surface area contributed by atoms with E-state index in [2.05, 4.69) is 61.1 Å². The summed E-state index contributed by atoms with van der Waals surface area (Å²) in [5, 5.41) is 7.75. The summed E-state index contributed by atoms with van der Waals surface area (Å²) in [6.45, 7) is 8.17. The van der Waals surface area contributed by atoms with E-state index in [4.69, 9.17) is 4.74 Å².